The van der Waals surface area contributed by atoms with Crippen LogP contribution in [-0.4, -0.2) is 22.9 Å². The van der Waals surface area contributed by atoms with Crippen LogP contribution in [0.15, 0.2) is 41.8 Å². The summed E-state index contributed by atoms with van der Waals surface area (Å²) in [6.07, 6.45) is 2.20. The minimum absolute atomic E-state index is 0.0671. The molecule has 2 N–H and O–H groups in total. The number of amides is 1. The van der Waals surface area contributed by atoms with Gasteiger partial charge in [0.1, 0.15) is 0 Å². The van der Waals surface area contributed by atoms with Gasteiger partial charge < -0.3 is 10.4 Å². The highest BCUT2D eigenvalue weighted by molar-refractivity contribution is 7.99. The predicted octanol–water partition coefficient (Wildman–Crippen LogP) is 3.06. The topological polar surface area (TPSA) is 49.3 Å². The van der Waals surface area contributed by atoms with Crippen LogP contribution in [0.25, 0.3) is 0 Å². The van der Waals surface area contributed by atoms with Gasteiger partial charge in [-0.15, -0.1) is 18.3 Å². The zero-order valence-electron chi connectivity index (χ0n) is 10.6. The van der Waals surface area contributed by atoms with Crippen LogP contribution in [0, 0.1) is 0 Å². The van der Waals surface area contributed by atoms with Crippen molar-refractivity contribution in [1.29, 1.82) is 0 Å². The monoisotopic (exact) mass is 265 g/mol. The molecular formula is C14H19NO2S. The Balaban J connectivity index is 2.59. The van der Waals surface area contributed by atoms with E-state index in [9.17, 15) is 4.79 Å². The van der Waals surface area contributed by atoms with Gasteiger partial charge in [0.15, 0.2) is 0 Å². The van der Waals surface area contributed by atoms with Gasteiger partial charge >= 0.3 is 0 Å². The summed E-state index contributed by atoms with van der Waals surface area (Å²) in [5.74, 6) is 0.739. The van der Waals surface area contributed by atoms with E-state index in [1.54, 1.807) is 18.7 Å². The molecule has 1 aromatic rings. The van der Waals surface area contributed by atoms with Crippen molar-refractivity contribution in [3.63, 3.8) is 0 Å². The molecule has 0 aliphatic rings. The largest absolute Gasteiger partial charge is 0.393 e. The third-order valence-corrected chi connectivity index (χ3v) is 3.38. The van der Waals surface area contributed by atoms with Crippen LogP contribution in [0.4, 0.5) is 5.69 Å². The van der Waals surface area contributed by atoms with Crippen LogP contribution in [0.1, 0.15) is 19.8 Å². The Bertz CT molecular complexity index is 405. The van der Waals surface area contributed by atoms with Gasteiger partial charge in [0.05, 0.1) is 11.8 Å². The minimum Gasteiger partial charge on any atom is -0.393 e. The van der Waals surface area contributed by atoms with Crippen molar-refractivity contribution in [3.05, 3.63) is 36.9 Å². The number of thioether (sulfide) groups is 1. The van der Waals surface area contributed by atoms with Crippen LogP contribution < -0.4 is 5.32 Å². The molecule has 18 heavy (non-hydrogen) atoms. The standard InChI is InChI=1S/C14H19NO2S/c1-3-10-18-13-7-5-4-6-12(13)15-14(17)9-8-11(2)16/h3-7,11,16H,1,8-10H2,2H3,(H,15,17). The first kappa shape index (κ1) is 14.8. The first-order valence-electron chi connectivity index (χ1n) is 5.94. The van der Waals surface area contributed by atoms with Gasteiger partial charge in [-0.05, 0) is 25.5 Å². The van der Waals surface area contributed by atoms with Crippen LogP contribution >= 0.6 is 11.8 Å². The van der Waals surface area contributed by atoms with Crippen LogP contribution in [0.2, 0.25) is 0 Å². The van der Waals surface area contributed by atoms with E-state index in [0.717, 1.165) is 16.3 Å². The first-order chi connectivity index (χ1) is 8.63. The number of rotatable bonds is 7. The van der Waals surface area contributed by atoms with Gasteiger partial charge in [0.2, 0.25) is 5.91 Å². The first-order valence-corrected chi connectivity index (χ1v) is 6.92. The molecule has 98 valence electrons. The van der Waals surface area contributed by atoms with Crippen molar-refractivity contribution < 1.29 is 9.90 Å². The minimum atomic E-state index is -0.443. The molecule has 0 bridgehead atoms. The molecule has 4 heteroatoms. The lowest BCUT2D eigenvalue weighted by Gasteiger charge is -2.10. The van der Waals surface area contributed by atoms with E-state index >= 15 is 0 Å². The quantitative estimate of drug-likeness (QED) is 0.588. The lowest BCUT2D eigenvalue weighted by molar-refractivity contribution is -0.116. The maximum Gasteiger partial charge on any atom is 0.224 e. The zero-order chi connectivity index (χ0) is 13.4. The van der Waals surface area contributed by atoms with Crippen molar-refractivity contribution in [3.8, 4) is 0 Å². The van der Waals surface area contributed by atoms with Crippen LogP contribution in [0.5, 0.6) is 0 Å². The van der Waals surface area contributed by atoms with Crippen molar-refractivity contribution in [2.45, 2.75) is 30.8 Å². The number of hydrogen-bond acceptors (Lipinski definition) is 3. The highest BCUT2D eigenvalue weighted by Crippen LogP contribution is 2.27. The fourth-order valence-electron chi connectivity index (χ4n) is 1.40. The smallest absolute Gasteiger partial charge is 0.224 e. The van der Waals surface area contributed by atoms with Gasteiger partial charge in [0.25, 0.3) is 0 Å². The summed E-state index contributed by atoms with van der Waals surface area (Å²) in [4.78, 5) is 12.7. The number of para-hydroxylation sites is 1. The molecule has 1 rings (SSSR count). The summed E-state index contributed by atoms with van der Waals surface area (Å²) in [5, 5.41) is 12.0. The number of nitrogens with one attached hydrogen (secondary N) is 1. The van der Waals surface area contributed by atoms with Crippen molar-refractivity contribution in [2.24, 2.45) is 0 Å². The number of aliphatic hydroxyl groups is 1. The summed E-state index contributed by atoms with van der Waals surface area (Å²) in [6.45, 7) is 5.36. The molecule has 1 unspecified atom stereocenters. The number of carbonyl (C=O) groups is 1. The number of hydrogen-bond donors (Lipinski definition) is 2. The summed E-state index contributed by atoms with van der Waals surface area (Å²) in [6, 6.07) is 7.68. The van der Waals surface area contributed by atoms with Crippen molar-refractivity contribution in [1.82, 2.24) is 0 Å². The summed E-state index contributed by atoms with van der Waals surface area (Å²) in [7, 11) is 0. The highest BCUT2D eigenvalue weighted by atomic mass is 32.2. The lowest BCUT2D eigenvalue weighted by atomic mass is 10.2. The van der Waals surface area contributed by atoms with E-state index in [2.05, 4.69) is 11.9 Å². The van der Waals surface area contributed by atoms with Crippen LogP contribution in [0.3, 0.4) is 0 Å². The fourth-order valence-corrected chi connectivity index (χ4v) is 2.14. The SMILES string of the molecule is C=CCSc1ccccc1NC(=O)CCC(C)O. The summed E-state index contributed by atoms with van der Waals surface area (Å²) < 4.78 is 0. The molecule has 0 fully saturated rings. The molecule has 1 aromatic carbocycles. The lowest BCUT2D eigenvalue weighted by Crippen LogP contribution is -2.14. The van der Waals surface area contributed by atoms with Crippen molar-refractivity contribution in [2.75, 3.05) is 11.1 Å². The normalized spacial score (nSPS) is 11.9. The van der Waals surface area contributed by atoms with Gasteiger partial charge in [0, 0.05) is 17.1 Å². The van der Waals surface area contributed by atoms with Gasteiger partial charge in [-0.3, -0.25) is 4.79 Å². The Labute approximate surface area is 112 Å². The van der Waals surface area contributed by atoms with E-state index < -0.39 is 6.10 Å². The number of benzene rings is 1. The molecule has 0 saturated heterocycles. The van der Waals surface area contributed by atoms with E-state index in [4.69, 9.17) is 5.11 Å². The number of aliphatic hydroxyl groups excluding tert-OH is 1. The average molecular weight is 265 g/mol. The second-order valence-electron chi connectivity index (χ2n) is 4.03. The average Bonchev–Trinajstić information content (AvgIpc) is 2.35. The van der Waals surface area contributed by atoms with Gasteiger partial charge in [-0.2, -0.15) is 0 Å². The highest BCUT2D eigenvalue weighted by Gasteiger charge is 2.07. The molecule has 1 atom stereocenters. The van der Waals surface area contributed by atoms with E-state index in [-0.39, 0.29) is 5.91 Å². The Morgan fingerprint density at radius 3 is 2.94 bits per heavy atom. The fraction of sp³-hybridized carbons (Fsp3) is 0.357. The van der Waals surface area contributed by atoms with E-state index in [1.807, 2.05) is 30.3 Å². The number of anilines is 1. The Kier molecular flexibility index (Phi) is 6.54. The molecule has 0 aromatic heterocycles. The molecule has 0 radical (unpaired) electrons. The summed E-state index contributed by atoms with van der Waals surface area (Å²) in [5.41, 5.74) is 0.819. The maximum atomic E-state index is 11.7. The van der Waals surface area contributed by atoms with Gasteiger partial charge in [-0.25, -0.2) is 0 Å². The molecule has 1 amide bonds. The summed E-state index contributed by atoms with van der Waals surface area (Å²) >= 11 is 1.63. The van der Waals surface area contributed by atoms with E-state index in [0.29, 0.717) is 12.8 Å². The molecule has 0 heterocycles. The van der Waals surface area contributed by atoms with Crippen molar-refractivity contribution >= 4 is 23.4 Å². The van der Waals surface area contributed by atoms with Gasteiger partial charge in [-0.1, -0.05) is 18.2 Å². The van der Waals surface area contributed by atoms with Crippen LogP contribution in [-0.2, 0) is 4.79 Å². The molecule has 3 nitrogen and oxygen atoms in total. The zero-order valence-corrected chi connectivity index (χ0v) is 11.4. The predicted molar refractivity (Wildman–Crippen MR) is 76.9 cm³/mol. The second-order valence-corrected chi connectivity index (χ2v) is 5.09. The Hall–Kier alpha value is -1.26. The molecule has 0 aliphatic heterocycles. The molecule has 0 aliphatic carbocycles. The molecule has 0 saturated carbocycles. The number of carbonyl (C=O) groups excluding carboxylic acids is 1. The third-order valence-electron chi connectivity index (χ3n) is 2.31. The maximum absolute atomic E-state index is 11.7. The third kappa shape index (κ3) is 5.38. The Morgan fingerprint density at radius 1 is 1.56 bits per heavy atom. The second kappa shape index (κ2) is 7.95. The Morgan fingerprint density at radius 2 is 2.28 bits per heavy atom. The molecule has 0 spiro atoms. The molecular weight excluding hydrogens is 246 g/mol. The van der Waals surface area contributed by atoms with E-state index in [1.165, 1.54) is 0 Å².